The van der Waals surface area contributed by atoms with E-state index in [4.69, 9.17) is 20.4 Å². The Kier molecular flexibility index (Phi) is 6.48. The van der Waals surface area contributed by atoms with Crippen LogP contribution in [-0.4, -0.2) is 50.5 Å². The maximum Gasteiger partial charge on any atom is 0.469 e. The van der Waals surface area contributed by atoms with E-state index in [9.17, 15) is 19.3 Å². The number of carbonyl (C=O) groups excluding carboxylic acids is 1. The summed E-state index contributed by atoms with van der Waals surface area (Å²) < 4.78 is 14.6. The van der Waals surface area contributed by atoms with Crippen LogP contribution < -0.4 is 0 Å². The fourth-order valence-electron chi connectivity index (χ4n) is 0.927. The van der Waals surface area contributed by atoms with E-state index < -0.39 is 44.7 Å². The molecule has 0 saturated heterocycles. The molecule has 11 nitrogen and oxygen atoms in total. The average molecular weight is 283 g/mol. The highest BCUT2D eigenvalue weighted by Crippen LogP contribution is 2.38. The first kappa shape index (κ1) is 16.5. The van der Waals surface area contributed by atoms with Gasteiger partial charge in [-0.2, -0.15) is 0 Å². The van der Waals surface area contributed by atoms with Crippen LogP contribution >= 0.6 is 7.82 Å². The maximum atomic E-state index is 10.8. The maximum absolute atomic E-state index is 10.8. The molecule has 0 radical (unpaired) electrons. The lowest BCUT2D eigenvalue weighted by Crippen LogP contribution is -2.34. The summed E-state index contributed by atoms with van der Waals surface area (Å²) in [6, 6.07) is 0. The van der Waals surface area contributed by atoms with Crippen molar-refractivity contribution in [2.24, 2.45) is 5.11 Å². The van der Waals surface area contributed by atoms with Crippen molar-refractivity contribution in [2.75, 3.05) is 6.54 Å². The second-order valence-corrected chi connectivity index (χ2v) is 4.24. The number of phosphoric ester groups is 1. The first-order chi connectivity index (χ1) is 8.17. The third-order valence-corrected chi connectivity index (χ3v) is 2.21. The number of carbonyl (C=O) groups is 2. The van der Waals surface area contributed by atoms with Crippen LogP contribution in [0, 0.1) is 0 Å². The number of carboxylic acid groups (broad SMARTS) is 1. The average Bonchev–Trinajstić information content (AvgIpc) is 2.22. The summed E-state index contributed by atoms with van der Waals surface area (Å²) in [5.74, 6) is -3.18. The van der Waals surface area contributed by atoms with E-state index in [2.05, 4.69) is 14.5 Å². The molecule has 0 aliphatic heterocycles. The normalized spacial score (nSPS) is 14.4. The standard InChI is InChI=1S/C6H10N3O8P/c7-9-8-2-5(17-18(14,15)16)3(10)1-4(11)6(12)13/h3,5,10H,1-2H2,(H,12,13)(H2,14,15,16). The van der Waals surface area contributed by atoms with Crippen molar-refractivity contribution in [2.45, 2.75) is 18.6 Å². The van der Waals surface area contributed by atoms with Gasteiger partial charge in [-0.15, -0.1) is 0 Å². The van der Waals surface area contributed by atoms with Gasteiger partial charge < -0.3 is 20.0 Å². The summed E-state index contributed by atoms with van der Waals surface area (Å²) in [5, 5.41) is 20.6. The van der Waals surface area contributed by atoms with E-state index >= 15 is 0 Å². The number of aliphatic hydroxyl groups excluding tert-OH is 1. The van der Waals surface area contributed by atoms with Gasteiger partial charge in [0.2, 0.25) is 5.78 Å². The van der Waals surface area contributed by atoms with Gasteiger partial charge in [0.25, 0.3) is 0 Å². The zero-order valence-corrected chi connectivity index (χ0v) is 9.67. The number of aliphatic hydroxyl groups is 1. The van der Waals surface area contributed by atoms with Crippen LogP contribution in [0.5, 0.6) is 0 Å². The van der Waals surface area contributed by atoms with Gasteiger partial charge in [0, 0.05) is 11.3 Å². The lowest BCUT2D eigenvalue weighted by molar-refractivity contribution is -0.150. The topological polar surface area (TPSA) is 190 Å². The minimum absolute atomic E-state index is 0.671. The lowest BCUT2D eigenvalue weighted by atomic mass is 10.1. The Balaban J connectivity index is 4.73. The van der Waals surface area contributed by atoms with Crippen LogP contribution in [0.15, 0.2) is 5.11 Å². The van der Waals surface area contributed by atoms with Gasteiger partial charge in [-0.1, -0.05) is 5.11 Å². The number of phosphoric acid groups is 1. The molecule has 0 aromatic rings. The number of aliphatic carboxylic acids is 1. The van der Waals surface area contributed by atoms with Crippen LogP contribution in [0.1, 0.15) is 6.42 Å². The van der Waals surface area contributed by atoms with Crippen molar-refractivity contribution < 1.29 is 38.7 Å². The van der Waals surface area contributed by atoms with E-state index in [1.165, 1.54) is 0 Å². The monoisotopic (exact) mass is 283 g/mol. The predicted octanol–water partition coefficient (Wildman–Crippen LogP) is -0.821. The molecule has 4 N–H and O–H groups in total. The quantitative estimate of drug-likeness (QED) is 0.146. The molecular weight excluding hydrogens is 273 g/mol. The molecule has 102 valence electrons. The van der Waals surface area contributed by atoms with E-state index in [1.54, 1.807) is 0 Å². The summed E-state index contributed by atoms with van der Waals surface area (Å²) in [4.78, 5) is 40.3. The van der Waals surface area contributed by atoms with Gasteiger partial charge in [0.15, 0.2) is 0 Å². The highest BCUT2D eigenvalue weighted by Gasteiger charge is 2.30. The van der Waals surface area contributed by atoms with E-state index in [-0.39, 0.29) is 0 Å². The van der Waals surface area contributed by atoms with Gasteiger partial charge in [-0.3, -0.25) is 9.32 Å². The number of carboxylic acids is 1. The minimum Gasteiger partial charge on any atom is -0.475 e. The van der Waals surface area contributed by atoms with Crippen molar-refractivity contribution in [1.82, 2.24) is 0 Å². The number of rotatable bonds is 8. The largest absolute Gasteiger partial charge is 0.475 e. The molecule has 0 rings (SSSR count). The zero-order valence-electron chi connectivity index (χ0n) is 8.78. The first-order valence-electron chi connectivity index (χ1n) is 4.36. The molecule has 2 unspecified atom stereocenters. The van der Waals surface area contributed by atoms with Gasteiger partial charge in [-0.25, -0.2) is 9.36 Å². The van der Waals surface area contributed by atoms with Crippen LogP contribution in [0.2, 0.25) is 0 Å². The second-order valence-electron chi connectivity index (χ2n) is 3.05. The minimum atomic E-state index is -4.99. The van der Waals surface area contributed by atoms with E-state index in [1.807, 2.05) is 0 Å². The highest BCUT2D eigenvalue weighted by atomic mass is 31.2. The molecule has 0 bridgehead atoms. The smallest absolute Gasteiger partial charge is 0.469 e. The van der Waals surface area contributed by atoms with Crippen molar-refractivity contribution >= 4 is 19.6 Å². The fraction of sp³-hybridized carbons (Fsp3) is 0.667. The summed E-state index contributed by atoms with van der Waals surface area (Å²) >= 11 is 0. The van der Waals surface area contributed by atoms with Crippen molar-refractivity contribution in [3.8, 4) is 0 Å². The number of ketones is 1. The predicted molar refractivity (Wildman–Crippen MR) is 54.2 cm³/mol. The summed E-state index contributed by atoms with van der Waals surface area (Å²) in [6.45, 7) is -0.671. The molecule has 0 aromatic heterocycles. The van der Waals surface area contributed by atoms with Crippen LogP contribution in [0.25, 0.3) is 10.4 Å². The summed E-state index contributed by atoms with van der Waals surface area (Å²) in [7, 11) is -4.99. The van der Waals surface area contributed by atoms with Crippen molar-refractivity contribution in [1.29, 1.82) is 0 Å². The van der Waals surface area contributed by atoms with Crippen LogP contribution in [0.4, 0.5) is 0 Å². The fourth-order valence-corrected chi connectivity index (χ4v) is 1.49. The van der Waals surface area contributed by atoms with Gasteiger partial charge in [0.1, 0.15) is 6.10 Å². The van der Waals surface area contributed by atoms with Crippen LogP contribution in [0.3, 0.4) is 0 Å². The molecule has 18 heavy (non-hydrogen) atoms. The lowest BCUT2D eigenvalue weighted by Gasteiger charge is -2.20. The molecule has 0 saturated carbocycles. The molecule has 0 fully saturated rings. The Labute approximate surface area is 99.9 Å². The van der Waals surface area contributed by atoms with E-state index in [0.29, 0.717) is 0 Å². The number of Topliss-reactive ketones (excluding diaryl/α,β-unsaturated/α-hetero) is 1. The van der Waals surface area contributed by atoms with Crippen molar-refractivity contribution in [3.63, 3.8) is 0 Å². The number of nitrogens with zero attached hydrogens (tertiary/aromatic N) is 3. The zero-order chi connectivity index (χ0) is 14.3. The Morgan fingerprint density at radius 1 is 1.44 bits per heavy atom. The Morgan fingerprint density at radius 3 is 2.39 bits per heavy atom. The molecule has 0 amide bonds. The molecule has 12 heteroatoms. The second kappa shape index (κ2) is 7.07. The third kappa shape index (κ3) is 6.97. The Morgan fingerprint density at radius 2 is 2.00 bits per heavy atom. The number of azide groups is 1. The molecule has 2 atom stereocenters. The molecule has 0 aliphatic carbocycles. The van der Waals surface area contributed by atoms with Crippen molar-refractivity contribution in [3.05, 3.63) is 10.4 Å². The number of hydrogen-bond donors (Lipinski definition) is 4. The van der Waals surface area contributed by atoms with Gasteiger partial charge in [0.05, 0.1) is 12.6 Å². The molecular formula is C6H10N3O8P. The SMILES string of the molecule is [N-]=[N+]=NCC(OP(=O)(O)O)C(O)CC(=O)C(=O)O. The highest BCUT2D eigenvalue weighted by molar-refractivity contribution is 7.46. The molecule has 0 spiro atoms. The van der Waals surface area contributed by atoms with E-state index in [0.717, 1.165) is 0 Å². The first-order valence-corrected chi connectivity index (χ1v) is 5.89. The molecule has 0 heterocycles. The molecule has 0 aliphatic rings. The van der Waals surface area contributed by atoms with Crippen LogP contribution in [-0.2, 0) is 18.7 Å². The van der Waals surface area contributed by atoms with Gasteiger partial charge in [-0.05, 0) is 5.53 Å². The Hall–Kier alpha value is -1.48. The third-order valence-electron chi connectivity index (χ3n) is 1.66. The summed E-state index contributed by atoms with van der Waals surface area (Å²) in [5.41, 5.74) is 8.03. The van der Waals surface area contributed by atoms with Gasteiger partial charge >= 0.3 is 13.8 Å². The molecule has 0 aromatic carbocycles. The summed E-state index contributed by atoms with van der Waals surface area (Å²) in [6.07, 6.45) is -4.45. The number of hydrogen-bond acceptors (Lipinski definition) is 6. The Bertz CT molecular complexity index is 413.